The van der Waals surface area contributed by atoms with Gasteiger partial charge < -0.3 is 0 Å². The van der Waals surface area contributed by atoms with Crippen molar-refractivity contribution in [2.75, 3.05) is 0 Å². The second-order valence-electron chi connectivity index (χ2n) is 5.43. The molecular weight excluding hydrogens is 234 g/mol. The molecule has 0 amide bonds. The first-order valence-electron chi connectivity index (χ1n) is 7.36. The first-order valence-corrected chi connectivity index (χ1v) is 7.36. The van der Waals surface area contributed by atoms with E-state index in [-0.39, 0.29) is 5.92 Å². The summed E-state index contributed by atoms with van der Waals surface area (Å²) in [6.07, 6.45) is 7.99. The number of hydrogen-bond donors (Lipinski definition) is 0. The van der Waals surface area contributed by atoms with Gasteiger partial charge in [-0.15, -0.1) is 0 Å². The monoisotopic (exact) mass is 257 g/mol. The van der Waals surface area contributed by atoms with Crippen molar-refractivity contribution < 1.29 is 4.79 Å². The zero-order chi connectivity index (χ0) is 13.7. The van der Waals surface area contributed by atoms with Crippen LogP contribution in [0.1, 0.15) is 56.8 Å². The normalized spacial score (nSPS) is 19.1. The average molecular weight is 257 g/mol. The van der Waals surface area contributed by atoms with Crippen LogP contribution in [0.3, 0.4) is 0 Å². The minimum absolute atomic E-state index is 0.250. The molecule has 102 valence electrons. The number of aromatic nitrogens is 1. The minimum atomic E-state index is 0.250. The van der Waals surface area contributed by atoms with Crippen molar-refractivity contribution in [2.24, 2.45) is 5.92 Å². The zero-order valence-electron chi connectivity index (χ0n) is 12.0. The van der Waals surface area contributed by atoms with Crippen molar-refractivity contribution in [1.29, 1.82) is 0 Å². The first-order chi connectivity index (χ1) is 9.20. The summed E-state index contributed by atoms with van der Waals surface area (Å²) in [5, 5.41) is 0. The predicted molar refractivity (Wildman–Crippen MR) is 78.8 cm³/mol. The van der Waals surface area contributed by atoms with Gasteiger partial charge in [-0.05, 0) is 50.3 Å². The van der Waals surface area contributed by atoms with Crippen molar-refractivity contribution in [3.8, 4) is 0 Å². The van der Waals surface area contributed by atoms with E-state index < -0.39 is 0 Å². The van der Waals surface area contributed by atoms with Crippen LogP contribution in [0.4, 0.5) is 0 Å². The molecule has 0 N–H and O–H groups in total. The Labute approximate surface area is 115 Å². The number of aryl methyl sites for hydroxylation is 1. The third-order valence-electron chi connectivity index (χ3n) is 3.86. The maximum atomic E-state index is 12.0. The van der Waals surface area contributed by atoms with Gasteiger partial charge >= 0.3 is 0 Å². The highest BCUT2D eigenvalue weighted by molar-refractivity contribution is 5.82. The van der Waals surface area contributed by atoms with E-state index in [0.29, 0.717) is 5.78 Å². The van der Waals surface area contributed by atoms with E-state index in [1.165, 1.54) is 5.57 Å². The molecule has 0 fully saturated rings. The van der Waals surface area contributed by atoms with Gasteiger partial charge in [0.1, 0.15) is 5.78 Å². The summed E-state index contributed by atoms with van der Waals surface area (Å²) < 4.78 is 0. The molecule has 0 aliphatic heterocycles. The molecular formula is C17H23NO. The van der Waals surface area contributed by atoms with Gasteiger partial charge in [-0.25, -0.2) is 0 Å². The van der Waals surface area contributed by atoms with Crippen LogP contribution in [0.25, 0.3) is 5.57 Å². The van der Waals surface area contributed by atoms with E-state index in [1.807, 2.05) is 13.0 Å². The number of pyridine rings is 1. The van der Waals surface area contributed by atoms with Gasteiger partial charge in [0.15, 0.2) is 0 Å². The molecule has 1 atom stereocenters. The van der Waals surface area contributed by atoms with E-state index in [2.05, 4.69) is 30.1 Å². The molecule has 0 spiro atoms. The Bertz CT molecular complexity index is 476. The zero-order valence-corrected chi connectivity index (χ0v) is 12.0. The number of unbranched alkanes of at least 4 members (excludes halogenated alkanes) is 1. The van der Waals surface area contributed by atoms with Crippen LogP contribution in [-0.2, 0) is 4.79 Å². The van der Waals surface area contributed by atoms with Gasteiger partial charge in [0.2, 0.25) is 0 Å². The van der Waals surface area contributed by atoms with Gasteiger partial charge in [-0.2, -0.15) is 0 Å². The van der Waals surface area contributed by atoms with Crippen LogP contribution in [0.5, 0.6) is 0 Å². The van der Waals surface area contributed by atoms with E-state index in [9.17, 15) is 4.79 Å². The van der Waals surface area contributed by atoms with Crippen LogP contribution in [-0.4, -0.2) is 10.8 Å². The van der Waals surface area contributed by atoms with Crippen LogP contribution in [0.15, 0.2) is 24.3 Å². The van der Waals surface area contributed by atoms with Crippen LogP contribution in [0.2, 0.25) is 0 Å². The maximum absolute atomic E-state index is 12.0. The van der Waals surface area contributed by atoms with Crippen LogP contribution < -0.4 is 0 Å². The molecule has 0 bridgehead atoms. The van der Waals surface area contributed by atoms with Crippen LogP contribution >= 0.6 is 0 Å². The average Bonchev–Trinajstić information content (AvgIpc) is 2.45. The van der Waals surface area contributed by atoms with Crippen molar-refractivity contribution in [3.05, 3.63) is 35.7 Å². The number of nitrogens with zero attached hydrogens (tertiary/aromatic N) is 1. The summed E-state index contributed by atoms with van der Waals surface area (Å²) in [6, 6.07) is 6.14. The SMILES string of the molecule is CCCCC(=O)C1CC=C(c2cccc(C)n2)CC1. The van der Waals surface area contributed by atoms with Crippen molar-refractivity contribution >= 4 is 11.4 Å². The largest absolute Gasteiger partial charge is 0.299 e. The molecule has 0 aromatic carbocycles. The van der Waals surface area contributed by atoms with E-state index in [4.69, 9.17) is 0 Å². The summed E-state index contributed by atoms with van der Waals surface area (Å²) in [6.45, 7) is 4.15. The lowest BCUT2D eigenvalue weighted by atomic mass is 9.84. The summed E-state index contributed by atoms with van der Waals surface area (Å²) in [5.74, 6) is 0.703. The lowest BCUT2D eigenvalue weighted by molar-refractivity contribution is -0.123. The Morgan fingerprint density at radius 1 is 1.42 bits per heavy atom. The highest BCUT2D eigenvalue weighted by atomic mass is 16.1. The smallest absolute Gasteiger partial charge is 0.136 e. The van der Waals surface area contributed by atoms with E-state index in [1.54, 1.807) is 0 Å². The van der Waals surface area contributed by atoms with E-state index in [0.717, 1.165) is 49.9 Å². The molecule has 0 saturated heterocycles. The molecule has 1 aromatic heterocycles. The number of carbonyl (C=O) groups is 1. The first kappa shape index (κ1) is 14.0. The second kappa shape index (κ2) is 6.65. The Morgan fingerprint density at radius 2 is 2.26 bits per heavy atom. The second-order valence-corrected chi connectivity index (χ2v) is 5.43. The third-order valence-corrected chi connectivity index (χ3v) is 3.86. The topological polar surface area (TPSA) is 30.0 Å². The Morgan fingerprint density at radius 3 is 2.89 bits per heavy atom. The molecule has 0 saturated carbocycles. The fraction of sp³-hybridized carbons (Fsp3) is 0.529. The standard InChI is InChI=1S/C17H23NO/c1-3-4-8-17(19)15-11-9-14(10-12-15)16-7-5-6-13(2)18-16/h5-7,9,15H,3-4,8,10-12H2,1-2H3. The van der Waals surface area contributed by atoms with Gasteiger partial charge in [-0.1, -0.05) is 25.5 Å². The maximum Gasteiger partial charge on any atom is 0.136 e. The molecule has 0 radical (unpaired) electrons. The molecule has 1 aliphatic carbocycles. The lowest BCUT2D eigenvalue weighted by Crippen LogP contribution is -2.16. The van der Waals surface area contributed by atoms with Gasteiger partial charge in [0.25, 0.3) is 0 Å². The summed E-state index contributed by atoms with van der Waals surface area (Å²) in [4.78, 5) is 16.6. The van der Waals surface area contributed by atoms with Gasteiger partial charge in [0, 0.05) is 18.0 Å². The highest BCUT2D eigenvalue weighted by Gasteiger charge is 2.21. The molecule has 2 rings (SSSR count). The molecule has 19 heavy (non-hydrogen) atoms. The molecule has 1 unspecified atom stereocenters. The number of Topliss-reactive ketones (excluding diaryl/α,β-unsaturated/α-hetero) is 1. The summed E-state index contributed by atoms with van der Waals surface area (Å²) in [7, 11) is 0. The summed E-state index contributed by atoms with van der Waals surface area (Å²) >= 11 is 0. The van der Waals surface area contributed by atoms with Crippen molar-refractivity contribution in [1.82, 2.24) is 4.98 Å². The van der Waals surface area contributed by atoms with Crippen molar-refractivity contribution in [3.63, 3.8) is 0 Å². The number of hydrogen-bond acceptors (Lipinski definition) is 2. The minimum Gasteiger partial charge on any atom is -0.299 e. The highest BCUT2D eigenvalue weighted by Crippen LogP contribution is 2.30. The van der Waals surface area contributed by atoms with E-state index >= 15 is 0 Å². The molecule has 2 nitrogen and oxygen atoms in total. The van der Waals surface area contributed by atoms with Gasteiger partial charge in [0.05, 0.1) is 5.69 Å². The van der Waals surface area contributed by atoms with Crippen molar-refractivity contribution in [2.45, 2.75) is 52.4 Å². The molecule has 1 aromatic rings. The van der Waals surface area contributed by atoms with Gasteiger partial charge in [-0.3, -0.25) is 9.78 Å². The quantitative estimate of drug-likeness (QED) is 0.785. The molecule has 1 heterocycles. The Balaban J connectivity index is 1.98. The number of ketones is 1. The third kappa shape index (κ3) is 3.76. The fourth-order valence-corrected chi connectivity index (χ4v) is 2.64. The lowest BCUT2D eigenvalue weighted by Gasteiger charge is -2.20. The molecule has 2 heteroatoms. The number of carbonyl (C=O) groups excluding carboxylic acids is 1. The molecule has 1 aliphatic rings. The summed E-state index contributed by atoms with van der Waals surface area (Å²) in [5.41, 5.74) is 3.45. The fourth-order valence-electron chi connectivity index (χ4n) is 2.64. The predicted octanol–water partition coefficient (Wildman–Crippen LogP) is 4.33. The Kier molecular flexibility index (Phi) is 4.89. The van der Waals surface area contributed by atoms with Crippen LogP contribution in [0, 0.1) is 12.8 Å². The Hall–Kier alpha value is -1.44. The number of allylic oxidation sites excluding steroid dienone is 2. The number of rotatable bonds is 5.